The van der Waals surface area contributed by atoms with E-state index < -0.39 is 12.1 Å². The lowest BCUT2D eigenvalue weighted by atomic mass is 9.82. The van der Waals surface area contributed by atoms with E-state index in [1.165, 1.54) is 18.3 Å². The van der Waals surface area contributed by atoms with Gasteiger partial charge in [-0.2, -0.15) is 0 Å². The number of aromatic carboxylic acids is 1. The van der Waals surface area contributed by atoms with Crippen molar-refractivity contribution in [2.24, 2.45) is 0 Å². The maximum Gasteiger partial charge on any atom is 0.337 e. The zero-order valence-electron chi connectivity index (χ0n) is 22.0. The molecule has 0 aliphatic carbocycles. The van der Waals surface area contributed by atoms with E-state index in [4.69, 9.17) is 9.84 Å². The molecule has 0 bridgehead atoms. The number of carboxylic acids is 1. The molecule has 192 valence electrons. The van der Waals surface area contributed by atoms with Gasteiger partial charge in [-0.1, -0.05) is 86.9 Å². The van der Waals surface area contributed by atoms with Crippen LogP contribution in [0.4, 0.5) is 0 Å². The van der Waals surface area contributed by atoms with E-state index in [-0.39, 0.29) is 11.0 Å². The SMILES string of the molecule is Cc1ccc(-c2cc(C(O)C#Cc3ccc(C(=O)O)cn3)cc(C(C)(C)C)c2OCc2ccccc2)cc1. The first-order valence-electron chi connectivity index (χ1n) is 12.4. The highest BCUT2D eigenvalue weighted by atomic mass is 16.5. The van der Waals surface area contributed by atoms with Crippen molar-refractivity contribution in [3.8, 4) is 28.7 Å². The number of benzene rings is 3. The molecule has 0 saturated carbocycles. The van der Waals surface area contributed by atoms with Gasteiger partial charge in [0.2, 0.25) is 0 Å². The van der Waals surface area contributed by atoms with Crippen LogP contribution in [0.25, 0.3) is 11.1 Å². The maximum absolute atomic E-state index is 11.1. The number of carbonyl (C=O) groups is 1. The molecule has 5 nitrogen and oxygen atoms in total. The van der Waals surface area contributed by atoms with E-state index in [1.807, 2.05) is 49.4 Å². The minimum absolute atomic E-state index is 0.0831. The normalized spacial score (nSPS) is 11.8. The Morgan fingerprint density at radius 3 is 2.32 bits per heavy atom. The van der Waals surface area contributed by atoms with Crippen molar-refractivity contribution >= 4 is 5.97 Å². The van der Waals surface area contributed by atoms with Crippen LogP contribution >= 0.6 is 0 Å². The van der Waals surface area contributed by atoms with Crippen LogP contribution in [0.5, 0.6) is 5.75 Å². The molecule has 0 fully saturated rings. The average molecular weight is 506 g/mol. The second-order valence-corrected chi connectivity index (χ2v) is 10.2. The molecular formula is C33H31NO4. The quantitative estimate of drug-likeness (QED) is 0.285. The summed E-state index contributed by atoms with van der Waals surface area (Å²) in [5.41, 5.74) is 5.89. The van der Waals surface area contributed by atoms with Crippen molar-refractivity contribution in [1.29, 1.82) is 0 Å². The number of aryl methyl sites for hydroxylation is 1. The van der Waals surface area contributed by atoms with Crippen LogP contribution in [0.15, 0.2) is 85.1 Å². The summed E-state index contributed by atoms with van der Waals surface area (Å²) in [6, 6.07) is 25.1. The lowest BCUT2D eigenvalue weighted by Crippen LogP contribution is -2.15. The van der Waals surface area contributed by atoms with E-state index in [9.17, 15) is 9.90 Å². The number of aliphatic hydroxyl groups is 1. The fraction of sp³-hybridized carbons (Fsp3) is 0.212. The number of pyridine rings is 1. The molecule has 0 amide bonds. The molecule has 0 saturated heterocycles. The lowest BCUT2D eigenvalue weighted by Gasteiger charge is -2.27. The first-order valence-corrected chi connectivity index (χ1v) is 12.4. The summed E-state index contributed by atoms with van der Waals surface area (Å²) >= 11 is 0. The van der Waals surface area contributed by atoms with Crippen molar-refractivity contribution < 1.29 is 19.7 Å². The van der Waals surface area contributed by atoms with Crippen molar-refractivity contribution in [3.05, 3.63) is 119 Å². The number of carboxylic acid groups (broad SMARTS) is 1. The van der Waals surface area contributed by atoms with Crippen LogP contribution in [0.3, 0.4) is 0 Å². The van der Waals surface area contributed by atoms with Gasteiger partial charge in [-0.15, -0.1) is 0 Å². The molecule has 1 unspecified atom stereocenters. The molecule has 1 heterocycles. The van der Waals surface area contributed by atoms with Crippen LogP contribution in [-0.2, 0) is 12.0 Å². The van der Waals surface area contributed by atoms with Crippen LogP contribution in [0.2, 0.25) is 0 Å². The lowest BCUT2D eigenvalue weighted by molar-refractivity contribution is 0.0696. The molecule has 1 atom stereocenters. The Hall–Kier alpha value is -4.40. The minimum Gasteiger partial charge on any atom is -0.488 e. The largest absolute Gasteiger partial charge is 0.488 e. The second kappa shape index (κ2) is 11.3. The fourth-order valence-electron chi connectivity index (χ4n) is 4.02. The predicted molar refractivity (Wildman–Crippen MR) is 149 cm³/mol. The van der Waals surface area contributed by atoms with E-state index in [0.717, 1.165) is 33.6 Å². The van der Waals surface area contributed by atoms with Crippen molar-refractivity contribution in [2.45, 2.75) is 45.8 Å². The second-order valence-electron chi connectivity index (χ2n) is 10.2. The smallest absolute Gasteiger partial charge is 0.337 e. The molecule has 0 aliphatic rings. The monoisotopic (exact) mass is 505 g/mol. The zero-order chi connectivity index (χ0) is 27.3. The summed E-state index contributed by atoms with van der Waals surface area (Å²) in [7, 11) is 0. The number of hydrogen-bond donors (Lipinski definition) is 2. The molecular weight excluding hydrogens is 474 g/mol. The number of hydrogen-bond acceptors (Lipinski definition) is 4. The first-order chi connectivity index (χ1) is 18.1. The Bertz CT molecular complexity index is 1470. The van der Waals surface area contributed by atoms with E-state index >= 15 is 0 Å². The van der Waals surface area contributed by atoms with Crippen molar-refractivity contribution in [2.75, 3.05) is 0 Å². The Morgan fingerprint density at radius 2 is 1.71 bits per heavy atom. The number of aliphatic hydroxyl groups excluding tert-OH is 1. The summed E-state index contributed by atoms with van der Waals surface area (Å²) in [5, 5.41) is 20.2. The zero-order valence-corrected chi connectivity index (χ0v) is 22.0. The predicted octanol–water partition coefficient (Wildman–Crippen LogP) is 6.72. The van der Waals surface area contributed by atoms with Gasteiger partial charge in [0.05, 0.1) is 5.56 Å². The van der Waals surface area contributed by atoms with Gasteiger partial charge in [0.15, 0.2) is 0 Å². The van der Waals surface area contributed by atoms with Gasteiger partial charge in [-0.25, -0.2) is 9.78 Å². The molecule has 3 aromatic carbocycles. The fourth-order valence-corrected chi connectivity index (χ4v) is 4.02. The summed E-state index contributed by atoms with van der Waals surface area (Å²) in [5.74, 6) is 5.45. The first kappa shape index (κ1) is 26.7. The van der Waals surface area contributed by atoms with Gasteiger partial charge in [0, 0.05) is 17.3 Å². The summed E-state index contributed by atoms with van der Waals surface area (Å²) in [6.45, 7) is 8.82. The minimum atomic E-state index is -1.08. The third-order valence-electron chi connectivity index (χ3n) is 6.17. The van der Waals surface area contributed by atoms with Gasteiger partial charge >= 0.3 is 5.97 Å². The molecule has 4 rings (SSSR count). The summed E-state index contributed by atoms with van der Waals surface area (Å²) < 4.78 is 6.48. The van der Waals surface area contributed by atoms with E-state index in [2.05, 4.69) is 61.9 Å². The highest BCUT2D eigenvalue weighted by Gasteiger charge is 2.25. The van der Waals surface area contributed by atoms with Gasteiger partial charge in [-0.05, 0) is 59.2 Å². The van der Waals surface area contributed by atoms with E-state index in [1.54, 1.807) is 0 Å². The number of nitrogens with zero attached hydrogens (tertiary/aromatic N) is 1. The molecule has 2 N–H and O–H groups in total. The Balaban J connectivity index is 1.78. The maximum atomic E-state index is 11.1. The highest BCUT2D eigenvalue weighted by Crippen LogP contribution is 2.42. The highest BCUT2D eigenvalue weighted by molar-refractivity contribution is 5.87. The Kier molecular flexibility index (Phi) is 7.95. The number of ether oxygens (including phenoxy) is 1. The molecule has 0 aliphatic heterocycles. The van der Waals surface area contributed by atoms with Gasteiger partial charge in [-0.3, -0.25) is 0 Å². The standard InChI is InChI=1S/C33H31NO4/c1-22-10-12-24(13-11-22)28-18-26(30(35)17-16-27-15-14-25(20-34-27)32(36)37)19-29(33(2,3)4)31(28)38-21-23-8-6-5-7-9-23/h5-15,18-20,30,35H,21H2,1-4H3,(H,36,37). The van der Waals surface area contributed by atoms with Crippen LogP contribution < -0.4 is 4.74 Å². The third kappa shape index (κ3) is 6.47. The average Bonchev–Trinajstić information content (AvgIpc) is 2.91. The van der Waals surface area contributed by atoms with Gasteiger partial charge in [0.1, 0.15) is 24.2 Å². The summed E-state index contributed by atoms with van der Waals surface area (Å²) in [6.07, 6.45) is 0.176. The molecule has 38 heavy (non-hydrogen) atoms. The molecule has 0 radical (unpaired) electrons. The number of rotatable bonds is 6. The van der Waals surface area contributed by atoms with Crippen LogP contribution in [0, 0.1) is 18.8 Å². The molecule has 4 aromatic rings. The van der Waals surface area contributed by atoms with Gasteiger partial charge in [0.25, 0.3) is 0 Å². The molecule has 1 aromatic heterocycles. The Morgan fingerprint density at radius 1 is 1.00 bits per heavy atom. The van der Waals surface area contributed by atoms with Crippen molar-refractivity contribution in [1.82, 2.24) is 4.98 Å². The van der Waals surface area contributed by atoms with E-state index in [0.29, 0.717) is 17.9 Å². The topological polar surface area (TPSA) is 79.7 Å². The van der Waals surface area contributed by atoms with Gasteiger partial charge < -0.3 is 14.9 Å². The van der Waals surface area contributed by atoms with Crippen LogP contribution in [0.1, 0.15) is 65.2 Å². The summed E-state index contributed by atoms with van der Waals surface area (Å²) in [4.78, 5) is 15.1. The molecule has 5 heteroatoms. The number of aromatic nitrogens is 1. The third-order valence-corrected chi connectivity index (χ3v) is 6.17. The Labute approximate surface area is 223 Å². The molecule has 0 spiro atoms. The van der Waals surface area contributed by atoms with Crippen LogP contribution in [-0.4, -0.2) is 21.2 Å². The van der Waals surface area contributed by atoms with Crippen molar-refractivity contribution in [3.63, 3.8) is 0 Å².